The van der Waals surface area contributed by atoms with Crippen LogP contribution in [0.1, 0.15) is 15.9 Å². The van der Waals surface area contributed by atoms with Gasteiger partial charge in [0.25, 0.3) is 0 Å². The maximum absolute atomic E-state index is 12.8. The highest BCUT2D eigenvalue weighted by Gasteiger charge is 2.06. The van der Waals surface area contributed by atoms with E-state index in [1.807, 2.05) is 0 Å². The number of methoxy groups -OCH3 is 1. The Morgan fingerprint density at radius 3 is 2.57 bits per heavy atom. The highest BCUT2D eigenvalue weighted by atomic mass is 19.1. The third-order valence-corrected chi connectivity index (χ3v) is 3.14. The Balaban J connectivity index is 1.82. The maximum Gasteiger partial charge on any atom is 0.337 e. The van der Waals surface area contributed by atoms with Crippen LogP contribution in [0.25, 0.3) is 0 Å². The lowest BCUT2D eigenvalue weighted by Gasteiger charge is -2.09. The molecule has 1 amide bonds. The van der Waals surface area contributed by atoms with Crippen molar-refractivity contribution in [1.82, 2.24) is 5.32 Å². The summed E-state index contributed by atoms with van der Waals surface area (Å²) in [6.45, 7) is 0.384. The van der Waals surface area contributed by atoms with Gasteiger partial charge in [-0.1, -0.05) is 18.2 Å². The molecule has 0 unspecified atom stereocenters. The van der Waals surface area contributed by atoms with E-state index < -0.39 is 5.97 Å². The number of ether oxygens (including phenoxy) is 1. The molecular weight excluding hydrogens is 299 g/mol. The van der Waals surface area contributed by atoms with E-state index in [0.29, 0.717) is 17.8 Å². The smallest absolute Gasteiger partial charge is 0.337 e. The molecule has 0 heterocycles. The van der Waals surface area contributed by atoms with Gasteiger partial charge < -0.3 is 15.4 Å². The van der Waals surface area contributed by atoms with Crippen LogP contribution in [0, 0.1) is 5.82 Å². The number of benzene rings is 2. The van der Waals surface area contributed by atoms with E-state index in [1.165, 1.54) is 19.2 Å². The van der Waals surface area contributed by atoms with Crippen LogP contribution in [0.15, 0.2) is 48.5 Å². The molecule has 2 rings (SSSR count). The molecule has 0 aliphatic heterocycles. The minimum atomic E-state index is -0.436. The largest absolute Gasteiger partial charge is 0.465 e. The predicted octanol–water partition coefficient (Wildman–Crippen LogP) is 2.34. The van der Waals surface area contributed by atoms with Gasteiger partial charge in [-0.25, -0.2) is 9.18 Å². The standard InChI is InChI=1S/C17H17FN2O3/c1-23-17(22)13-3-2-4-15(9-13)19-11-16(21)20-10-12-5-7-14(18)8-6-12/h2-9,19H,10-11H2,1H3,(H,20,21). The molecule has 0 aliphatic carbocycles. The van der Waals surface area contributed by atoms with Crippen LogP contribution in [-0.2, 0) is 16.1 Å². The molecular formula is C17H17FN2O3. The van der Waals surface area contributed by atoms with Crippen LogP contribution >= 0.6 is 0 Å². The zero-order chi connectivity index (χ0) is 16.7. The van der Waals surface area contributed by atoms with E-state index in [-0.39, 0.29) is 18.3 Å². The van der Waals surface area contributed by atoms with Crippen LogP contribution in [0.3, 0.4) is 0 Å². The molecule has 0 atom stereocenters. The van der Waals surface area contributed by atoms with Gasteiger partial charge in [-0.2, -0.15) is 0 Å². The second kappa shape index (κ2) is 7.93. The summed E-state index contributed by atoms with van der Waals surface area (Å²) in [6, 6.07) is 12.6. The van der Waals surface area contributed by atoms with Gasteiger partial charge >= 0.3 is 5.97 Å². The summed E-state index contributed by atoms with van der Waals surface area (Å²) in [6.07, 6.45) is 0. The van der Waals surface area contributed by atoms with Gasteiger partial charge in [0, 0.05) is 12.2 Å². The fraction of sp³-hybridized carbons (Fsp3) is 0.176. The number of carbonyl (C=O) groups excluding carboxylic acids is 2. The lowest BCUT2D eigenvalue weighted by molar-refractivity contribution is -0.119. The first kappa shape index (κ1) is 16.5. The monoisotopic (exact) mass is 316 g/mol. The summed E-state index contributed by atoms with van der Waals surface area (Å²) in [5, 5.41) is 5.65. The van der Waals surface area contributed by atoms with Crippen LogP contribution in [-0.4, -0.2) is 25.5 Å². The Hall–Kier alpha value is -2.89. The lowest BCUT2D eigenvalue weighted by Crippen LogP contribution is -2.29. The van der Waals surface area contributed by atoms with Gasteiger partial charge in [-0.3, -0.25) is 4.79 Å². The minimum absolute atomic E-state index is 0.0613. The van der Waals surface area contributed by atoms with Gasteiger partial charge in [0.1, 0.15) is 5.82 Å². The van der Waals surface area contributed by atoms with E-state index in [9.17, 15) is 14.0 Å². The van der Waals surface area contributed by atoms with E-state index in [4.69, 9.17) is 0 Å². The van der Waals surface area contributed by atoms with Crippen molar-refractivity contribution in [3.8, 4) is 0 Å². The first-order valence-corrected chi connectivity index (χ1v) is 7.02. The van der Waals surface area contributed by atoms with Gasteiger partial charge in [-0.05, 0) is 35.9 Å². The molecule has 0 aromatic heterocycles. The molecule has 0 spiro atoms. The molecule has 5 nitrogen and oxygen atoms in total. The van der Waals surface area contributed by atoms with Gasteiger partial charge in [0.15, 0.2) is 0 Å². The van der Waals surface area contributed by atoms with Gasteiger partial charge in [0.2, 0.25) is 5.91 Å². The van der Waals surface area contributed by atoms with Crippen LogP contribution in [0.5, 0.6) is 0 Å². The second-order valence-electron chi connectivity index (χ2n) is 4.83. The van der Waals surface area contributed by atoms with Crippen molar-refractivity contribution in [2.45, 2.75) is 6.54 Å². The van der Waals surface area contributed by atoms with Crippen molar-refractivity contribution in [3.05, 3.63) is 65.5 Å². The topological polar surface area (TPSA) is 67.4 Å². The molecule has 0 fully saturated rings. The quantitative estimate of drug-likeness (QED) is 0.803. The number of anilines is 1. The van der Waals surface area contributed by atoms with Crippen molar-refractivity contribution in [2.75, 3.05) is 19.0 Å². The van der Waals surface area contributed by atoms with Crippen LogP contribution < -0.4 is 10.6 Å². The number of esters is 1. The molecule has 0 radical (unpaired) electrons. The van der Waals surface area contributed by atoms with Crippen molar-refractivity contribution < 1.29 is 18.7 Å². The Labute approximate surface area is 133 Å². The van der Waals surface area contributed by atoms with E-state index in [0.717, 1.165) is 5.56 Å². The Morgan fingerprint density at radius 2 is 1.87 bits per heavy atom. The van der Waals surface area contributed by atoms with Crippen molar-refractivity contribution in [2.24, 2.45) is 0 Å². The minimum Gasteiger partial charge on any atom is -0.465 e. The van der Waals surface area contributed by atoms with Crippen LogP contribution in [0.2, 0.25) is 0 Å². The maximum atomic E-state index is 12.8. The average molecular weight is 316 g/mol. The zero-order valence-electron chi connectivity index (χ0n) is 12.6. The average Bonchev–Trinajstić information content (AvgIpc) is 2.59. The third-order valence-electron chi connectivity index (χ3n) is 3.14. The number of hydrogen-bond acceptors (Lipinski definition) is 4. The first-order valence-electron chi connectivity index (χ1n) is 7.02. The molecule has 2 aromatic rings. The lowest BCUT2D eigenvalue weighted by atomic mass is 10.2. The SMILES string of the molecule is COC(=O)c1cccc(NCC(=O)NCc2ccc(F)cc2)c1. The van der Waals surface area contributed by atoms with Crippen LogP contribution in [0.4, 0.5) is 10.1 Å². The molecule has 6 heteroatoms. The number of halogens is 1. The second-order valence-corrected chi connectivity index (χ2v) is 4.83. The summed E-state index contributed by atoms with van der Waals surface area (Å²) < 4.78 is 17.4. The third kappa shape index (κ3) is 5.10. The summed E-state index contributed by atoms with van der Waals surface area (Å²) in [5.74, 6) is -0.959. The van der Waals surface area contributed by atoms with Gasteiger partial charge in [0.05, 0.1) is 19.2 Å². The Kier molecular flexibility index (Phi) is 5.68. The fourth-order valence-electron chi connectivity index (χ4n) is 1.92. The Morgan fingerprint density at radius 1 is 1.13 bits per heavy atom. The highest BCUT2D eigenvalue weighted by Crippen LogP contribution is 2.11. The number of nitrogens with one attached hydrogen (secondary N) is 2. The zero-order valence-corrected chi connectivity index (χ0v) is 12.6. The molecule has 0 aliphatic rings. The predicted molar refractivity (Wildman–Crippen MR) is 84.5 cm³/mol. The van der Waals surface area contributed by atoms with E-state index in [2.05, 4.69) is 15.4 Å². The number of carbonyl (C=O) groups is 2. The Bertz CT molecular complexity index is 686. The summed E-state index contributed by atoms with van der Waals surface area (Å²) in [4.78, 5) is 23.2. The molecule has 2 N–H and O–H groups in total. The summed E-state index contributed by atoms with van der Waals surface area (Å²) in [7, 11) is 1.31. The van der Waals surface area contributed by atoms with Crippen molar-refractivity contribution >= 4 is 17.6 Å². The molecule has 120 valence electrons. The number of rotatable bonds is 6. The fourth-order valence-corrected chi connectivity index (χ4v) is 1.92. The number of hydrogen-bond donors (Lipinski definition) is 2. The van der Waals surface area contributed by atoms with Crippen molar-refractivity contribution in [3.63, 3.8) is 0 Å². The van der Waals surface area contributed by atoms with E-state index in [1.54, 1.807) is 36.4 Å². The molecule has 0 saturated carbocycles. The molecule has 0 saturated heterocycles. The highest BCUT2D eigenvalue weighted by molar-refractivity contribution is 5.90. The number of amides is 1. The first-order chi connectivity index (χ1) is 11.1. The van der Waals surface area contributed by atoms with Gasteiger partial charge in [-0.15, -0.1) is 0 Å². The van der Waals surface area contributed by atoms with Crippen molar-refractivity contribution in [1.29, 1.82) is 0 Å². The normalized spacial score (nSPS) is 10.0. The summed E-state index contributed by atoms with van der Waals surface area (Å²) >= 11 is 0. The molecule has 0 bridgehead atoms. The summed E-state index contributed by atoms with van der Waals surface area (Å²) in [5.41, 5.74) is 1.86. The molecule has 23 heavy (non-hydrogen) atoms. The van der Waals surface area contributed by atoms with E-state index >= 15 is 0 Å². The molecule has 2 aromatic carbocycles.